The summed E-state index contributed by atoms with van der Waals surface area (Å²) in [5.41, 5.74) is 6.37. The zero-order chi connectivity index (χ0) is 12.1. The van der Waals surface area contributed by atoms with Gasteiger partial charge in [0.25, 0.3) is 0 Å². The lowest BCUT2D eigenvalue weighted by Gasteiger charge is -2.05. The van der Waals surface area contributed by atoms with E-state index in [0.29, 0.717) is 18.2 Å². The molecule has 1 aromatic heterocycles. The van der Waals surface area contributed by atoms with Gasteiger partial charge >= 0.3 is 0 Å². The highest BCUT2D eigenvalue weighted by molar-refractivity contribution is 5.36. The van der Waals surface area contributed by atoms with E-state index >= 15 is 0 Å². The number of aromatic nitrogens is 2. The number of nitrogens with one attached hydrogen (secondary N) is 1. The number of rotatable bonds is 4. The molecule has 0 spiro atoms. The second-order valence-corrected chi connectivity index (χ2v) is 3.63. The number of anilines is 2. The maximum absolute atomic E-state index is 12.9. The van der Waals surface area contributed by atoms with Crippen LogP contribution in [0.15, 0.2) is 36.7 Å². The molecule has 2 rings (SSSR count). The lowest BCUT2D eigenvalue weighted by molar-refractivity contribution is 0.625. The molecule has 0 aliphatic heterocycles. The monoisotopic (exact) mass is 232 g/mol. The molecule has 5 heteroatoms. The van der Waals surface area contributed by atoms with Crippen molar-refractivity contribution >= 4 is 11.6 Å². The summed E-state index contributed by atoms with van der Waals surface area (Å²) < 4.78 is 12.9. The van der Waals surface area contributed by atoms with Gasteiger partial charge in [-0.05, 0) is 24.1 Å². The summed E-state index contributed by atoms with van der Waals surface area (Å²) in [5, 5.41) is 3.09. The van der Waals surface area contributed by atoms with Gasteiger partial charge in [-0.1, -0.05) is 12.1 Å². The maximum Gasteiger partial charge on any atom is 0.144 e. The molecule has 4 nitrogen and oxygen atoms in total. The maximum atomic E-state index is 12.9. The van der Waals surface area contributed by atoms with Crippen molar-refractivity contribution in [2.45, 2.75) is 6.42 Å². The fraction of sp³-hybridized carbons (Fsp3) is 0.167. The molecule has 0 unspecified atom stereocenters. The van der Waals surface area contributed by atoms with Crippen molar-refractivity contribution in [3.8, 4) is 0 Å². The van der Waals surface area contributed by atoms with Gasteiger partial charge in [-0.3, -0.25) is 0 Å². The minimum absolute atomic E-state index is 0.213. The summed E-state index contributed by atoms with van der Waals surface area (Å²) in [6.07, 6.45) is 3.79. The average Bonchev–Trinajstić information content (AvgIpc) is 2.32. The molecule has 88 valence electrons. The minimum Gasteiger partial charge on any atom is -0.382 e. The average molecular weight is 232 g/mol. The molecule has 0 atom stereocenters. The van der Waals surface area contributed by atoms with E-state index in [9.17, 15) is 4.39 Å². The largest absolute Gasteiger partial charge is 0.382 e. The number of nitrogen functional groups attached to an aromatic ring is 1. The molecule has 0 bridgehead atoms. The van der Waals surface area contributed by atoms with Crippen molar-refractivity contribution < 1.29 is 4.39 Å². The SMILES string of the molecule is Nc1cnc(NCCc2cccc(F)c2)cn1. The molecule has 0 fully saturated rings. The van der Waals surface area contributed by atoms with Crippen LogP contribution in [0, 0.1) is 5.82 Å². The normalized spacial score (nSPS) is 10.2. The van der Waals surface area contributed by atoms with Crippen LogP contribution in [0.5, 0.6) is 0 Å². The molecule has 0 aliphatic rings. The first kappa shape index (κ1) is 11.3. The molecule has 3 N–H and O–H groups in total. The second-order valence-electron chi connectivity index (χ2n) is 3.63. The molecule has 0 aliphatic carbocycles. The van der Waals surface area contributed by atoms with Gasteiger partial charge in [0, 0.05) is 6.54 Å². The van der Waals surface area contributed by atoms with E-state index in [1.165, 1.54) is 18.3 Å². The summed E-state index contributed by atoms with van der Waals surface area (Å²) in [6, 6.07) is 6.55. The summed E-state index contributed by atoms with van der Waals surface area (Å²) in [4.78, 5) is 7.97. The number of benzene rings is 1. The van der Waals surface area contributed by atoms with Crippen molar-refractivity contribution in [2.75, 3.05) is 17.6 Å². The molecular formula is C12H13FN4. The van der Waals surface area contributed by atoms with Gasteiger partial charge in [-0.25, -0.2) is 14.4 Å². The Morgan fingerprint density at radius 2 is 2.12 bits per heavy atom. The Morgan fingerprint density at radius 1 is 1.24 bits per heavy atom. The number of hydrogen-bond acceptors (Lipinski definition) is 4. The first-order valence-electron chi connectivity index (χ1n) is 5.30. The standard InChI is InChI=1S/C12H13FN4/c13-10-3-1-2-9(6-10)4-5-15-12-8-16-11(14)7-17-12/h1-3,6-8H,4-5H2,(H2,14,16)(H,15,17). The molecule has 0 saturated carbocycles. The predicted molar refractivity (Wildman–Crippen MR) is 65.0 cm³/mol. The molecule has 0 amide bonds. The van der Waals surface area contributed by atoms with Gasteiger partial charge in [-0.15, -0.1) is 0 Å². The molecule has 1 aromatic carbocycles. The van der Waals surface area contributed by atoms with Crippen LogP contribution in [-0.4, -0.2) is 16.5 Å². The van der Waals surface area contributed by atoms with Crippen LogP contribution < -0.4 is 11.1 Å². The van der Waals surface area contributed by atoms with Crippen molar-refractivity contribution in [2.24, 2.45) is 0 Å². The van der Waals surface area contributed by atoms with E-state index in [-0.39, 0.29) is 5.82 Å². The predicted octanol–water partition coefficient (Wildman–Crippen LogP) is 1.85. The highest BCUT2D eigenvalue weighted by Crippen LogP contribution is 2.06. The summed E-state index contributed by atoms with van der Waals surface area (Å²) in [6.45, 7) is 0.669. The van der Waals surface area contributed by atoms with Crippen molar-refractivity contribution in [3.63, 3.8) is 0 Å². The highest BCUT2D eigenvalue weighted by Gasteiger charge is 1.97. The third-order valence-electron chi connectivity index (χ3n) is 2.28. The third-order valence-corrected chi connectivity index (χ3v) is 2.28. The Morgan fingerprint density at radius 3 is 2.82 bits per heavy atom. The smallest absolute Gasteiger partial charge is 0.144 e. The Labute approximate surface area is 98.7 Å². The van der Waals surface area contributed by atoms with E-state index in [0.717, 1.165) is 12.0 Å². The van der Waals surface area contributed by atoms with E-state index in [1.54, 1.807) is 12.3 Å². The fourth-order valence-corrected chi connectivity index (χ4v) is 1.46. The Balaban J connectivity index is 1.85. The van der Waals surface area contributed by atoms with Crippen LogP contribution >= 0.6 is 0 Å². The zero-order valence-electron chi connectivity index (χ0n) is 9.23. The zero-order valence-corrected chi connectivity index (χ0v) is 9.23. The minimum atomic E-state index is -0.213. The van der Waals surface area contributed by atoms with Crippen molar-refractivity contribution in [1.82, 2.24) is 9.97 Å². The fourth-order valence-electron chi connectivity index (χ4n) is 1.46. The highest BCUT2D eigenvalue weighted by atomic mass is 19.1. The lowest BCUT2D eigenvalue weighted by Crippen LogP contribution is -2.07. The van der Waals surface area contributed by atoms with Gasteiger partial charge in [0.15, 0.2) is 0 Å². The van der Waals surface area contributed by atoms with E-state index in [1.807, 2.05) is 6.07 Å². The molecule has 0 radical (unpaired) electrons. The van der Waals surface area contributed by atoms with Gasteiger partial charge in [0.05, 0.1) is 12.4 Å². The van der Waals surface area contributed by atoms with E-state index in [4.69, 9.17) is 5.73 Å². The molecule has 0 saturated heterocycles. The van der Waals surface area contributed by atoms with Crippen LogP contribution in [0.2, 0.25) is 0 Å². The Kier molecular flexibility index (Phi) is 3.49. The van der Waals surface area contributed by atoms with Crippen LogP contribution in [0.3, 0.4) is 0 Å². The Hall–Kier alpha value is -2.17. The number of halogens is 1. The van der Waals surface area contributed by atoms with Crippen molar-refractivity contribution in [1.29, 1.82) is 0 Å². The number of nitrogens with zero attached hydrogens (tertiary/aromatic N) is 2. The summed E-state index contributed by atoms with van der Waals surface area (Å²) >= 11 is 0. The van der Waals surface area contributed by atoms with E-state index < -0.39 is 0 Å². The summed E-state index contributed by atoms with van der Waals surface area (Å²) in [5.74, 6) is 0.839. The topological polar surface area (TPSA) is 63.8 Å². The molecular weight excluding hydrogens is 219 g/mol. The van der Waals surface area contributed by atoms with Crippen LogP contribution in [0.25, 0.3) is 0 Å². The second kappa shape index (κ2) is 5.25. The quantitative estimate of drug-likeness (QED) is 0.844. The third kappa shape index (κ3) is 3.41. The van der Waals surface area contributed by atoms with E-state index in [2.05, 4.69) is 15.3 Å². The van der Waals surface area contributed by atoms with Gasteiger partial charge in [0.1, 0.15) is 17.5 Å². The first-order valence-corrected chi connectivity index (χ1v) is 5.30. The van der Waals surface area contributed by atoms with Crippen LogP contribution in [0.1, 0.15) is 5.56 Å². The van der Waals surface area contributed by atoms with Gasteiger partial charge in [-0.2, -0.15) is 0 Å². The summed E-state index contributed by atoms with van der Waals surface area (Å²) in [7, 11) is 0. The number of nitrogens with two attached hydrogens (primary N) is 1. The molecule has 1 heterocycles. The molecule has 2 aromatic rings. The molecule has 17 heavy (non-hydrogen) atoms. The first-order chi connectivity index (χ1) is 8.24. The van der Waals surface area contributed by atoms with Crippen LogP contribution in [0.4, 0.5) is 16.0 Å². The van der Waals surface area contributed by atoms with Crippen LogP contribution in [-0.2, 0) is 6.42 Å². The Bertz CT molecular complexity index is 484. The van der Waals surface area contributed by atoms with Gasteiger partial charge < -0.3 is 11.1 Å². The van der Waals surface area contributed by atoms with Gasteiger partial charge in [0.2, 0.25) is 0 Å². The number of hydrogen-bond donors (Lipinski definition) is 2. The lowest BCUT2D eigenvalue weighted by atomic mass is 10.1. The van der Waals surface area contributed by atoms with Crippen molar-refractivity contribution in [3.05, 3.63) is 48.0 Å².